The molecular weight excluding hydrogens is 477 g/mol. The second-order valence-electron chi connectivity index (χ2n) is 8.36. The lowest BCUT2D eigenvalue weighted by Crippen LogP contribution is -2.27. The maximum absolute atomic E-state index is 14.1. The average Bonchev–Trinajstić information content (AvgIpc) is 2.80. The Labute approximate surface area is 206 Å². The van der Waals surface area contributed by atoms with E-state index >= 15 is 0 Å². The van der Waals surface area contributed by atoms with E-state index in [1.54, 1.807) is 43.5 Å². The molecule has 0 unspecified atom stereocenters. The predicted molar refractivity (Wildman–Crippen MR) is 129 cm³/mol. The third-order valence-electron chi connectivity index (χ3n) is 5.24. The van der Waals surface area contributed by atoms with Crippen molar-refractivity contribution in [3.8, 4) is 0 Å². The zero-order valence-electron chi connectivity index (χ0n) is 20.8. The number of carbonyl (C=O) groups excluding carboxylic acids is 2. The third kappa shape index (κ3) is 7.38. The Balaban J connectivity index is 0.000000493. The number of nitrogens with one attached hydrogen (secondary N) is 1. The highest BCUT2D eigenvalue weighted by molar-refractivity contribution is 5.85. The number of alkyl halides is 3. The van der Waals surface area contributed by atoms with Gasteiger partial charge in [-0.15, -0.1) is 0 Å². The maximum Gasteiger partial charge on any atom is 0.417 e. The molecule has 3 aromatic rings. The molecule has 11 heteroatoms. The number of esters is 1. The van der Waals surface area contributed by atoms with Crippen LogP contribution in [0.3, 0.4) is 0 Å². The lowest BCUT2D eigenvalue weighted by Gasteiger charge is -2.19. The fourth-order valence-corrected chi connectivity index (χ4v) is 3.72. The van der Waals surface area contributed by atoms with Crippen LogP contribution in [-0.4, -0.2) is 54.6 Å². The number of ether oxygens (including phenoxy) is 1. The second kappa shape index (κ2) is 12.3. The van der Waals surface area contributed by atoms with Crippen molar-refractivity contribution in [2.24, 2.45) is 7.05 Å². The first-order chi connectivity index (χ1) is 16.9. The van der Waals surface area contributed by atoms with Crippen LogP contribution in [0.5, 0.6) is 0 Å². The molecule has 0 aliphatic carbocycles. The van der Waals surface area contributed by atoms with Crippen LogP contribution in [0, 0.1) is 6.92 Å². The van der Waals surface area contributed by atoms with Gasteiger partial charge in [0.25, 0.3) is 5.56 Å². The normalized spacial score (nSPS) is 11.1. The van der Waals surface area contributed by atoms with E-state index in [9.17, 15) is 27.6 Å². The molecule has 1 aromatic carbocycles. The smallest absolute Gasteiger partial charge is 0.417 e. The van der Waals surface area contributed by atoms with Crippen LogP contribution >= 0.6 is 0 Å². The van der Waals surface area contributed by atoms with Gasteiger partial charge in [0.05, 0.1) is 18.2 Å². The van der Waals surface area contributed by atoms with Gasteiger partial charge in [-0.05, 0) is 56.4 Å². The number of aryl methyl sites for hydroxylation is 2. The number of nitrogens with zero attached hydrogens (tertiary/aromatic N) is 3. The number of benzene rings is 1. The van der Waals surface area contributed by atoms with E-state index in [1.165, 1.54) is 18.7 Å². The summed E-state index contributed by atoms with van der Waals surface area (Å²) in [5.74, 6) is -0.447. The minimum atomic E-state index is -4.64. The van der Waals surface area contributed by atoms with Gasteiger partial charge in [-0.25, -0.2) is 0 Å². The molecule has 1 amide bonds. The Hall–Kier alpha value is -3.73. The second-order valence-corrected chi connectivity index (χ2v) is 8.36. The number of carbonyl (C=O) groups is 2. The first-order valence-electron chi connectivity index (χ1n) is 10.9. The zero-order valence-corrected chi connectivity index (χ0v) is 20.8. The first-order valence-corrected chi connectivity index (χ1v) is 10.9. The Kier molecular flexibility index (Phi) is 9.74. The fourth-order valence-electron chi connectivity index (χ4n) is 3.72. The molecule has 2 heterocycles. The molecule has 8 nitrogen and oxygen atoms in total. The topological polar surface area (TPSA) is 93.5 Å². The number of halogens is 3. The summed E-state index contributed by atoms with van der Waals surface area (Å²) in [6.07, 6.45) is -2.76. The highest BCUT2D eigenvalue weighted by Gasteiger charge is 2.37. The van der Waals surface area contributed by atoms with Crippen LogP contribution in [0.4, 0.5) is 13.2 Å². The highest BCUT2D eigenvalue weighted by Crippen LogP contribution is 2.37. The summed E-state index contributed by atoms with van der Waals surface area (Å²) in [5.41, 5.74) is 0.628. The monoisotopic (exact) mass is 506 g/mol. The minimum absolute atomic E-state index is 0.0507. The quantitative estimate of drug-likeness (QED) is 0.391. The Bertz CT molecular complexity index is 1290. The average molecular weight is 507 g/mol. The number of rotatable bonds is 7. The molecule has 36 heavy (non-hydrogen) atoms. The standard InChI is InChI=1S/C21H22F3N3O.C4H7NO3/c1-13-9-14(7-8-25-13)10-17-19(21(22,23)24)16-11-15(12-26(2)3)5-6-18(16)27(4)20(17)28;1-8-4(7)2-5-3-6/h5-9,11H,10,12H2,1-4H3;3H,2H2,1H3,(H,5,6). The Morgan fingerprint density at radius 3 is 2.44 bits per heavy atom. The van der Waals surface area contributed by atoms with Gasteiger partial charge in [-0.2, -0.15) is 13.2 Å². The van der Waals surface area contributed by atoms with Crippen LogP contribution in [0.2, 0.25) is 0 Å². The van der Waals surface area contributed by atoms with Crippen molar-refractivity contribution >= 4 is 23.3 Å². The van der Waals surface area contributed by atoms with Crippen LogP contribution in [0.15, 0.2) is 41.3 Å². The summed E-state index contributed by atoms with van der Waals surface area (Å²) in [5, 5.41) is 2.19. The van der Waals surface area contributed by atoms with Gasteiger partial charge in [0.15, 0.2) is 0 Å². The van der Waals surface area contributed by atoms with Crippen molar-refractivity contribution in [1.29, 1.82) is 0 Å². The van der Waals surface area contributed by atoms with E-state index < -0.39 is 23.3 Å². The van der Waals surface area contributed by atoms with Gasteiger partial charge in [0, 0.05) is 42.9 Å². The van der Waals surface area contributed by atoms with Gasteiger partial charge in [-0.3, -0.25) is 19.4 Å². The molecule has 1 N–H and O–H groups in total. The lowest BCUT2D eigenvalue weighted by molar-refractivity contribution is -0.140. The Morgan fingerprint density at radius 1 is 1.19 bits per heavy atom. The number of amides is 1. The molecule has 0 fully saturated rings. The fraction of sp³-hybridized carbons (Fsp3) is 0.360. The summed E-state index contributed by atoms with van der Waals surface area (Å²) in [6.45, 7) is 2.22. The molecule has 0 bridgehead atoms. The van der Waals surface area contributed by atoms with E-state index in [0.717, 1.165) is 5.56 Å². The molecule has 0 atom stereocenters. The number of aromatic nitrogens is 2. The third-order valence-corrected chi connectivity index (χ3v) is 5.24. The summed E-state index contributed by atoms with van der Waals surface area (Å²) in [4.78, 5) is 38.4. The molecule has 0 aliphatic rings. The van der Waals surface area contributed by atoms with E-state index in [0.29, 0.717) is 24.2 Å². The van der Waals surface area contributed by atoms with E-state index in [-0.39, 0.29) is 29.4 Å². The Morgan fingerprint density at radius 2 is 1.89 bits per heavy atom. The van der Waals surface area contributed by atoms with Crippen LogP contribution in [0.25, 0.3) is 10.9 Å². The van der Waals surface area contributed by atoms with Gasteiger partial charge in [0.2, 0.25) is 6.41 Å². The van der Waals surface area contributed by atoms with Crippen molar-refractivity contribution in [2.75, 3.05) is 27.7 Å². The number of pyridine rings is 2. The summed E-state index contributed by atoms with van der Waals surface area (Å²) >= 11 is 0. The van der Waals surface area contributed by atoms with Crippen molar-refractivity contribution in [3.05, 3.63) is 74.8 Å². The maximum atomic E-state index is 14.1. The molecular formula is C25H29F3N4O4. The first kappa shape index (κ1) is 28.5. The number of hydrogen-bond donors (Lipinski definition) is 1. The predicted octanol–water partition coefficient (Wildman–Crippen LogP) is 2.82. The van der Waals surface area contributed by atoms with E-state index in [2.05, 4.69) is 15.0 Å². The van der Waals surface area contributed by atoms with Crippen molar-refractivity contribution in [2.45, 2.75) is 26.1 Å². The van der Waals surface area contributed by atoms with Gasteiger partial charge >= 0.3 is 12.1 Å². The number of methoxy groups -OCH3 is 1. The van der Waals surface area contributed by atoms with Gasteiger partial charge < -0.3 is 19.5 Å². The largest absolute Gasteiger partial charge is 0.468 e. The van der Waals surface area contributed by atoms with Gasteiger partial charge in [0.1, 0.15) is 6.54 Å². The van der Waals surface area contributed by atoms with Crippen molar-refractivity contribution in [3.63, 3.8) is 0 Å². The highest BCUT2D eigenvalue weighted by atomic mass is 19.4. The number of fused-ring (bicyclic) bond motifs is 1. The van der Waals surface area contributed by atoms with E-state index in [4.69, 9.17) is 0 Å². The molecule has 0 radical (unpaired) electrons. The number of hydrogen-bond acceptors (Lipinski definition) is 6. The van der Waals surface area contributed by atoms with Gasteiger partial charge in [-0.1, -0.05) is 6.07 Å². The molecule has 0 aliphatic heterocycles. The van der Waals surface area contributed by atoms with Crippen LogP contribution in [0.1, 0.15) is 27.9 Å². The molecule has 2 aromatic heterocycles. The molecule has 0 saturated carbocycles. The van der Waals surface area contributed by atoms with Crippen LogP contribution in [-0.2, 0) is 40.5 Å². The molecule has 194 valence electrons. The summed E-state index contributed by atoms with van der Waals surface area (Å²) in [7, 11) is 6.48. The summed E-state index contributed by atoms with van der Waals surface area (Å²) in [6, 6.07) is 8.23. The van der Waals surface area contributed by atoms with E-state index in [1.807, 2.05) is 19.0 Å². The molecule has 0 spiro atoms. The van der Waals surface area contributed by atoms with Crippen molar-refractivity contribution < 1.29 is 27.5 Å². The SMILES string of the molecule is COC(=O)CNC=O.Cc1cc(Cc2c(C(F)(F)F)c3cc(CN(C)C)ccc3n(C)c2=O)ccn1. The summed E-state index contributed by atoms with van der Waals surface area (Å²) < 4.78 is 47.8. The minimum Gasteiger partial charge on any atom is -0.468 e. The zero-order chi connectivity index (χ0) is 27.0. The van der Waals surface area contributed by atoms with Crippen molar-refractivity contribution in [1.82, 2.24) is 19.8 Å². The van der Waals surface area contributed by atoms with Crippen LogP contribution < -0.4 is 10.9 Å². The lowest BCUT2D eigenvalue weighted by atomic mass is 9.96. The molecule has 3 rings (SSSR count). The molecule has 0 saturated heterocycles.